The lowest BCUT2D eigenvalue weighted by Gasteiger charge is -2.22. The molecule has 0 spiro atoms. The molecule has 128 valence electrons. The molecule has 1 saturated heterocycles. The molecule has 1 N–H and O–H groups in total. The fraction of sp³-hybridized carbons (Fsp3) is 0.389. The van der Waals surface area contributed by atoms with Crippen molar-refractivity contribution < 1.29 is 12.8 Å². The minimum atomic E-state index is -3.00. The van der Waals surface area contributed by atoms with Crippen LogP contribution in [0.4, 0.5) is 4.39 Å². The Balaban J connectivity index is 1.87. The van der Waals surface area contributed by atoms with Crippen LogP contribution in [0, 0.1) is 12.7 Å². The van der Waals surface area contributed by atoms with Gasteiger partial charge in [-0.2, -0.15) is 0 Å². The summed E-state index contributed by atoms with van der Waals surface area (Å²) in [6.07, 6.45) is 4.86. The zero-order chi connectivity index (χ0) is 17.2. The summed E-state index contributed by atoms with van der Waals surface area (Å²) in [4.78, 5) is 4.15. The number of rotatable bonds is 5. The van der Waals surface area contributed by atoms with E-state index in [-0.39, 0.29) is 22.9 Å². The fourth-order valence-electron chi connectivity index (χ4n) is 3.16. The van der Waals surface area contributed by atoms with E-state index in [0.717, 1.165) is 17.5 Å². The Morgan fingerprint density at radius 2 is 2.17 bits per heavy atom. The Kier molecular flexibility index (Phi) is 4.96. The van der Waals surface area contributed by atoms with Crippen molar-refractivity contribution in [2.24, 2.45) is 0 Å². The monoisotopic (exact) mass is 348 g/mol. The number of benzene rings is 1. The number of aryl methyl sites for hydroxylation is 1. The van der Waals surface area contributed by atoms with Crippen molar-refractivity contribution >= 4 is 9.84 Å². The maximum Gasteiger partial charge on any atom is 0.154 e. The van der Waals surface area contributed by atoms with Crippen molar-refractivity contribution in [1.82, 2.24) is 10.3 Å². The number of hydrogen-bond acceptors (Lipinski definition) is 4. The molecular weight excluding hydrogens is 327 g/mol. The van der Waals surface area contributed by atoms with E-state index in [4.69, 9.17) is 0 Å². The number of halogens is 1. The second-order valence-electron chi connectivity index (χ2n) is 6.27. The minimum absolute atomic E-state index is 0.214. The molecule has 0 amide bonds. The van der Waals surface area contributed by atoms with E-state index < -0.39 is 9.84 Å². The maximum atomic E-state index is 13.6. The van der Waals surface area contributed by atoms with Crippen LogP contribution in [-0.2, 0) is 9.84 Å². The van der Waals surface area contributed by atoms with E-state index in [1.54, 1.807) is 31.5 Å². The van der Waals surface area contributed by atoms with Gasteiger partial charge in [-0.15, -0.1) is 0 Å². The van der Waals surface area contributed by atoms with Crippen LogP contribution in [0.1, 0.15) is 35.6 Å². The highest BCUT2D eigenvalue weighted by Crippen LogP contribution is 2.25. The Hall–Kier alpha value is -1.79. The van der Waals surface area contributed by atoms with Crippen molar-refractivity contribution in [3.05, 3.63) is 65.2 Å². The van der Waals surface area contributed by atoms with Crippen molar-refractivity contribution in [3.8, 4) is 0 Å². The van der Waals surface area contributed by atoms with Crippen LogP contribution in [0.3, 0.4) is 0 Å². The predicted molar refractivity (Wildman–Crippen MR) is 92.0 cm³/mol. The molecule has 0 saturated carbocycles. The number of nitrogens with one attached hydrogen (secondary N) is 1. The van der Waals surface area contributed by atoms with Gasteiger partial charge >= 0.3 is 0 Å². The molecule has 1 fully saturated rings. The smallest absolute Gasteiger partial charge is 0.154 e. The lowest BCUT2D eigenvalue weighted by molar-refractivity contribution is 0.550. The summed E-state index contributed by atoms with van der Waals surface area (Å²) in [5.74, 6) is 0.0223. The molecule has 1 aliphatic heterocycles. The third kappa shape index (κ3) is 3.65. The molecule has 0 aliphatic carbocycles. The first-order valence-corrected chi connectivity index (χ1v) is 9.80. The Morgan fingerprint density at radius 1 is 1.33 bits per heavy atom. The third-order valence-electron chi connectivity index (χ3n) is 4.55. The second-order valence-corrected chi connectivity index (χ2v) is 8.67. The highest BCUT2D eigenvalue weighted by atomic mass is 32.2. The molecule has 24 heavy (non-hydrogen) atoms. The van der Waals surface area contributed by atoms with Crippen LogP contribution in [0.2, 0.25) is 0 Å². The topological polar surface area (TPSA) is 59.1 Å². The van der Waals surface area contributed by atoms with Crippen molar-refractivity contribution in [2.75, 3.05) is 12.3 Å². The highest BCUT2D eigenvalue weighted by Gasteiger charge is 2.31. The average molecular weight is 348 g/mol. The van der Waals surface area contributed by atoms with E-state index in [1.165, 1.54) is 6.07 Å². The van der Waals surface area contributed by atoms with Crippen LogP contribution in [0.5, 0.6) is 0 Å². The molecule has 2 aromatic rings. The van der Waals surface area contributed by atoms with E-state index in [9.17, 15) is 12.8 Å². The number of pyridine rings is 1. The first kappa shape index (κ1) is 17.0. The van der Waals surface area contributed by atoms with Gasteiger partial charge in [0.15, 0.2) is 9.84 Å². The molecule has 3 rings (SSSR count). The van der Waals surface area contributed by atoms with E-state index in [1.807, 2.05) is 12.1 Å². The van der Waals surface area contributed by atoms with Crippen molar-refractivity contribution in [3.63, 3.8) is 0 Å². The lowest BCUT2D eigenvalue weighted by atomic mass is 9.98. The molecule has 0 radical (unpaired) electrons. The zero-order valence-corrected chi connectivity index (χ0v) is 14.4. The molecule has 0 unspecified atom stereocenters. The first-order chi connectivity index (χ1) is 11.5. The summed E-state index contributed by atoms with van der Waals surface area (Å²) in [6.45, 7) is 2.11. The average Bonchev–Trinajstić information content (AvgIpc) is 2.90. The van der Waals surface area contributed by atoms with Gasteiger partial charge in [-0.1, -0.05) is 18.2 Å². The summed E-state index contributed by atoms with van der Waals surface area (Å²) >= 11 is 0. The third-order valence-corrected chi connectivity index (χ3v) is 6.82. The van der Waals surface area contributed by atoms with Crippen LogP contribution < -0.4 is 5.32 Å². The van der Waals surface area contributed by atoms with E-state index in [2.05, 4.69) is 10.3 Å². The standard InChI is InChI=1S/C18H21FN2O2S/c1-13-10-14(6-7-17(13)19)18(15-4-2-8-20-11-15)21-12-16-5-3-9-24(16,22)23/h2,4,6-8,10-11,16,18,21H,3,5,9,12H2,1H3/t16-,18+/m1/s1. The Morgan fingerprint density at radius 3 is 2.79 bits per heavy atom. The summed E-state index contributed by atoms with van der Waals surface area (Å²) < 4.78 is 37.7. The summed E-state index contributed by atoms with van der Waals surface area (Å²) in [5.41, 5.74) is 2.40. The lowest BCUT2D eigenvalue weighted by Crippen LogP contribution is -2.33. The molecule has 1 aromatic carbocycles. The summed E-state index contributed by atoms with van der Waals surface area (Å²) in [6, 6.07) is 8.54. The van der Waals surface area contributed by atoms with Crippen LogP contribution >= 0.6 is 0 Å². The number of sulfone groups is 1. The normalized spacial score (nSPS) is 20.8. The van der Waals surface area contributed by atoms with Gasteiger partial charge in [-0.05, 0) is 48.6 Å². The fourth-order valence-corrected chi connectivity index (χ4v) is 4.94. The zero-order valence-electron chi connectivity index (χ0n) is 13.6. The Bertz CT molecular complexity index is 809. The Labute approximate surface area is 142 Å². The molecule has 1 aromatic heterocycles. The molecule has 2 atom stereocenters. The van der Waals surface area contributed by atoms with Gasteiger partial charge < -0.3 is 5.32 Å². The summed E-state index contributed by atoms with van der Waals surface area (Å²) in [5, 5.41) is 3.01. The predicted octanol–water partition coefficient (Wildman–Crippen LogP) is 2.79. The summed E-state index contributed by atoms with van der Waals surface area (Å²) in [7, 11) is -3.00. The van der Waals surface area contributed by atoms with Crippen LogP contribution in [0.25, 0.3) is 0 Å². The maximum absolute atomic E-state index is 13.6. The van der Waals surface area contributed by atoms with Gasteiger partial charge in [0.25, 0.3) is 0 Å². The van der Waals surface area contributed by atoms with Gasteiger partial charge in [-0.3, -0.25) is 4.98 Å². The van der Waals surface area contributed by atoms with Crippen LogP contribution in [-0.4, -0.2) is 30.9 Å². The molecular formula is C18H21FN2O2S. The van der Waals surface area contributed by atoms with Crippen molar-refractivity contribution in [2.45, 2.75) is 31.1 Å². The number of hydrogen-bond donors (Lipinski definition) is 1. The molecule has 0 bridgehead atoms. The largest absolute Gasteiger partial charge is 0.305 e. The van der Waals surface area contributed by atoms with Gasteiger partial charge in [0, 0.05) is 18.9 Å². The van der Waals surface area contributed by atoms with E-state index >= 15 is 0 Å². The molecule has 4 nitrogen and oxygen atoms in total. The van der Waals surface area contributed by atoms with Gasteiger partial charge in [-0.25, -0.2) is 12.8 Å². The second kappa shape index (κ2) is 6.99. The SMILES string of the molecule is Cc1cc([C@H](NC[C@H]2CCCS2(=O)=O)c2cccnc2)ccc1F. The van der Waals surface area contributed by atoms with Crippen molar-refractivity contribution in [1.29, 1.82) is 0 Å². The number of aromatic nitrogens is 1. The number of nitrogens with zero attached hydrogens (tertiary/aromatic N) is 1. The highest BCUT2D eigenvalue weighted by molar-refractivity contribution is 7.92. The van der Waals surface area contributed by atoms with Crippen LogP contribution in [0.15, 0.2) is 42.7 Å². The van der Waals surface area contributed by atoms with Gasteiger partial charge in [0.05, 0.1) is 17.0 Å². The van der Waals surface area contributed by atoms with Gasteiger partial charge in [0.2, 0.25) is 0 Å². The molecule has 1 aliphatic rings. The first-order valence-electron chi connectivity index (χ1n) is 8.08. The molecule has 2 heterocycles. The minimum Gasteiger partial charge on any atom is -0.305 e. The van der Waals surface area contributed by atoms with Gasteiger partial charge in [0.1, 0.15) is 5.82 Å². The van der Waals surface area contributed by atoms with E-state index in [0.29, 0.717) is 18.5 Å². The quantitative estimate of drug-likeness (QED) is 0.903. The molecule has 6 heteroatoms.